The lowest BCUT2D eigenvalue weighted by Gasteiger charge is -2.11. The summed E-state index contributed by atoms with van der Waals surface area (Å²) in [4.78, 5) is 9.00. The van der Waals surface area contributed by atoms with Crippen LogP contribution in [0.5, 0.6) is 0 Å². The molecule has 108 valence electrons. The van der Waals surface area contributed by atoms with E-state index < -0.39 is 0 Å². The minimum atomic E-state index is 0.792. The van der Waals surface area contributed by atoms with Gasteiger partial charge in [-0.25, -0.2) is 9.97 Å². The van der Waals surface area contributed by atoms with Crippen molar-refractivity contribution in [2.45, 2.75) is 13.3 Å². The summed E-state index contributed by atoms with van der Waals surface area (Å²) in [5.74, 6) is 1.66. The first-order valence-corrected chi connectivity index (χ1v) is 7.20. The number of hydrogen-bond donors (Lipinski definition) is 2. The highest BCUT2D eigenvalue weighted by Gasteiger charge is 2.14. The fourth-order valence-electron chi connectivity index (χ4n) is 2.65. The van der Waals surface area contributed by atoms with E-state index in [0.29, 0.717) is 0 Å². The van der Waals surface area contributed by atoms with Gasteiger partial charge in [-0.1, -0.05) is 24.3 Å². The minimum absolute atomic E-state index is 0.792. The lowest BCUT2D eigenvalue weighted by molar-refractivity contribution is 0.991. The standard InChI is InChI=1S/C17H15N5/c1-11-20-16-4-2-3-15(16)17(21-11)22-14-7-5-12(6-8-14)13-9-18-19-10-13/h2-3,5-10H,4H2,1H3,(H,18,19)(H,20,21,22). The van der Waals surface area contributed by atoms with Crippen LogP contribution in [-0.4, -0.2) is 20.2 Å². The van der Waals surface area contributed by atoms with Crippen molar-refractivity contribution in [3.05, 3.63) is 59.8 Å². The molecule has 1 aromatic carbocycles. The second kappa shape index (κ2) is 5.11. The van der Waals surface area contributed by atoms with Gasteiger partial charge in [-0.15, -0.1) is 0 Å². The molecule has 0 saturated carbocycles. The van der Waals surface area contributed by atoms with Crippen molar-refractivity contribution in [3.63, 3.8) is 0 Å². The molecule has 0 spiro atoms. The molecule has 2 N–H and O–H groups in total. The van der Waals surface area contributed by atoms with Crippen LogP contribution >= 0.6 is 0 Å². The van der Waals surface area contributed by atoms with Crippen molar-refractivity contribution >= 4 is 17.6 Å². The minimum Gasteiger partial charge on any atom is -0.340 e. The molecule has 1 aliphatic rings. The van der Waals surface area contributed by atoms with Gasteiger partial charge in [0.2, 0.25) is 0 Å². The molecule has 0 unspecified atom stereocenters. The van der Waals surface area contributed by atoms with Gasteiger partial charge in [0.1, 0.15) is 11.6 Å². The first kappa shape index (κ1) is 12.8. The van der Waals surface area contributed by atoms with Gasteiger partial charge >= 0.3 is 0 Å². The summed E-state index contributed by atoms with van der Waals surface area (Å²) in [6.45, 7) is 1.92. The van der Waals surface area contributed by atoms with Gasteiger partial charge in [-0.3, -0.25) is 5.10 Å². The highest BCUT2D eigenvalue weighted by atomic mass is 15.1. The quantitative estimate of drug-likeness (QED) is 0.774. The first-order valence-electron chi connectivity index (χ1n) is 7.20. The molecule has 3 aromatic rings. The normalized spacial score (nSPS) is 12.4. The number of nitrogens with zero attached hydrogens (tertiary/aromatic N) is 3. The Morgan fingerprint density at radius 2 is 1.95 bits per heavy atom. The lowest BCUT2D eigenvalue weighted by Crippen LogP contribution is -2.02. The van der Waals surface area contributed by atoms with Gasteiger partial charge in [0.15, 0.2) is 0 Å². The van der Waals surface area contributed by atoms with Crippen LogP contribution in [0.2, 0.25) is 0 Å². The van der Waals surface area contributed by atoms with E-state index in [1.54, 1.807) is 0 Å². The molecule has 2 heterocycles. The van der Waals surface area contributed by atoms with Crippen LogP contribution < -0.4 is 5.32 Å². The Labute approximate surface area is 128 Å². The monoisotopic (exact) mass is 289 g/mol. The summed E-state index contributed by atoms with van der Waals surface area (Å²) in [7, 11) is 0. The average molecular weight is 289 g/mol. The van der Waals surface area contributed by atoms with E-state index in [0.717, 1.165) is 46.1 Å². The number of aromatic amines is 1. The Kier molecular flexibility index (Phi) is 2.96. The largest absolute Gasteiger partial charge is 0.340 e. The number of allylic oxidation sites excluding steroid dienone is 1. The predicted octanol–water partition coefficient (Wildman–Crippen LogP) is 3.49. The average Bonchev–Trinajstić information content (AvgIpc) is 3.18. The number of aromatic nitrogens is 4. The number of aryl methyl sites for hydroxylation is 1. The number of hydrogen-bond acceptors (Lipinski definition) is 4. The zero-order chi connectivity index (χ0) is 14.9. The van der Waals surface area contributed by atoms with Gasteiger partial charge in [0, 0.05) is 29.4 Å². The summed E-state index contributed by atoms with van der Waals surface area (Å²) in [6.07, 6.45) is 8.78. The third-order valence-corrected chi connectivity index (χ3v) is 3.71. The molecule has 0 amide bonds. The van der Waals surface area contributed by atoms with Crippen LogP contribution in [-0.2, 0) is 6.42 Å². The van der Waals surface area contributed by atoms with Crippen LogP contribution in [0, 0.1) is 6.92 Å². The van der Waals surface area contributed by atoms with Crippen molar-refractivity contribution < 1.29 is 0 Å². The van der Waals surface area contributed by atoms with Gasteiger partial charge in [-0.05, 0) is 24.6 Å². The molecule has 4 rings (SSSR count). The molecule has 5 heteroatoms. The number of anilines is 2. The molecule has 0 saturated heterocycles. The number of nitrogens with one attached hydrogen (secondary N) is 2. The van der Waals surface area contributed by atoms with Crippen LogP contribution in [0.3, 0.4) is 0 Å². The molecule has 0 aliphatic heterocycles. The summed E-state index contributed by atoms with van der Waals surface area (Å²) in [5, 5.41) is 10.2. The summed E-state index contributed by atoms with van der Waals surface area (Å²) < 4.78 is 0. The maximum atomic E-state index is 4.52. The molecular weight excluding hydrogens is 274 g/mol. The molecule has 22 heavy (non-hydrogen) atoms. The predicted molar refractivity (Wildman–Crippen MR) is 86.8 cm³/mol. The van der Waals surface area contributed by atoms with Crippen molar-refractivity contribution in [1.82, 2.24) is 20.2 Å². The van der Waals surface area contributed by atoms with E-state index in [9.17, 15) is 0 Å². The van der Waals surface area contributed by atoms with E-state index in [1.165, 1.54) is 0 Å². The molecule has 2 aromatic heterocycles. The van der Waals surface area contributed by atoms with Crippen molar-refractivity contribution in [2.75, 3.05) is 5.32 Å². The van der Waals surface area contributed by atoms with Crippen molar-refractivity contribution in [1.29, 1.82) is 0 Å². The van der Waals surface area contributed by atoms with Crippen LogP contribution in [0.25, 0.3) is 17.2 Å². The maximum Gasteiger partial charge on any atom is 0.141 e. The smallest absolute Gasteiger partial charge is 0.141 e. The van der Waals surface area contributed by atoms with Crippen molar-refractivity contribution in [3.8, 4) is 11.1 Å². The fraction of sp³-hybridized carbons (Fsp3) is 0.118. The van der Waals surface area contributed by atoms with Crippen LogP contribution in [0.4, 0.5) is 11.5 Å². The fourth-order valence-corrected chi connectivity index (χ4v) is 2.65. The Balaban J connectivity index is 1.63. The number of fused-ring (bicyclic) bond motifs is 1. The summed E-state index contributed by atoms with van der Waals surface area (Å²) >= 11 is 0. The highest BCUT2D eigenvalue weighted by Crippen LogP contribution is 2.28. The zero-order valence-electron chi connectivity index (χ0n) is 12.2. The number of H-pyrrole nitrogens is 1. The number of rotatable bonds is 3. The molecule has 0 bridgehead atoms. The van der Waals surface area contributed by atoms with Gasteiger partial charge < -0.3 is 5.32 Å². The van der Waals surface area contributed by atoms with Gasteiger partial charge in [0.25, 0.3) is 0 Å². The third kappa shape index (κ3) is 2.26. The molecule has 0 atom stereocenters. The summed E-state index contributed by atoms with van der Waals surface area (Å²) in [5.41, 5.74) is 5.39. The van der Waals surface area contributed by atoms with Gasteiger partial charge in [-0.2, -0.15) is 5.10 Å². The Morgan fingerprint density at radius 1 is 1.09 bits per heavy atom. The van der Waals surface area contributed by atoms with E-state index in [1.807, 2.05) is 31.5 Å². The van der Waals surface area contributed by atoms with Crippen LogP contribution in [0.15, 0.2) is 42.7 Å². The van der Waals surface area contributed by atoms with Crippen molar-refractivity contribution in [2.24, 2.45) is 0 Å². The molecule has 0 radical (unpaired) electrons. The first-order chi connectivity index (χ1) is 10.8. The van der Waals surface area contributed by atoms with E-state index in [2.05, 4.69) is 49.8 Å². The van der Waals surface area contributed by atoms with E-state index in [4.69, 9.17) is 0 Å². The Hall–Kier alpha value is -2.95. The Morgan fingerprint density at radius 3 is 2.73 bits per heavy atom. The second-order valence-corrected chi connectivity index (χ2v) is 5.28. The SMILES string of the molecule is Cc1nc2c(c(Nc3ccc(-c4cn[nH]c4)cc3)n1)C=CC2. The maximum absolute atomic E-state index is 4.52. The van der Waals surface area contributed by atoms with Gasteiger partial charge in [0.05, 0.1) is 11.9 Å². The van der Waals surface area contributed by atoms with Crippen LogP contribution in [0.1, 0.15) is 17.1 Å². The Bertz CT molecular complexity index is 832. The highest BCUT2D eigenvalue weighted by molar-refractivity contribution is 5.74. The van der Waals surface area contributed by atoms with E-state index >= 15 is 0 Å². The third-order valence-electron chi connectivity index (χ3n) is 3.71. The molecule has 1 aliphatic carbocycles. The molecule has 5 nitrogen and oxygen atoms in total. The zero-order valence-corrected chi connectivity index (χ0v) is 12.2. The lowest BCUT2D eigenvalue weighted by atomic mass is 10.1. The topological polar surface area (TPSA) is 66.5 Å². The molecule has 0 fully saturated rings. The van der Waals surface area contributed by atoms with E-state index in [-0.39, 0.29) is 0 Å². The number of benzene rings is 1. The molecular formula is C17H15N5. The summed E-state index contributed by atoms with van der Waals surface area (Å²) in [6, 6.07) is 8.23. The second-order valence-electron chi connectivity index (χ2n) is 5.28.